The van der Waals surface area contributed by atoms with E-state index in [1.807, 2.05) is 32.9 Å². The molecule has 4 heteroatoms. The molecule has 102 valence electrons. The fourth-order valence-corrected chi connectivity index (χ4v) is 2.03. The summed E-state index contributed by atoms with van der Waals surface area (Å²) in [6, 6.07) is 9.37. The van der Waals surface area contributed by atoms with Gasteiger partial charge in [0.1, 0.15) is 0 Å². The van der Waals surface area contributed by atoms with Gasteiger partial charge in [-0.2, -0.15) is 5.26 Å². The van der Waals surface area contributed by atoms with Crippen molar-refractivity contribution in [1.29, 1.82) is 5.26 Å². The summed E-state index contributed by atoms with van der Waals surface area (Å²) in [5.74, 6) is 0.0544. The first kappa shape index (κ1) is 15.2. The van der Waals surface area contributed by atoms with Gasteiger partial charge in [0.25, 0.3) is 0 Å². The first-order valence-electron chi connectivity index (χ1n) is 6.40. The molecule has 0 atom stereocenters. The van der Waals surface area contributed by atoms with E-state index in [-0.39, 0.29) is 5.91 Å². The van der Waals surface area contributed by atoms with Gasteiger partial charge in [-0.3, -0.25) is 4.79 Å². The molecule has 0 unspecified atom stereocenters. The van der Waals surface area contributed by atoms with Crippen LogP contribution in [0.3, 0.4) is 0 Å². The molecule has 1 N–H and O–H groups in total. The molecule has 0 saturated heterocycles. The van der Waals surface area contributed by atoms with Gasteiger partial charge in [0.2, 0.25) is 5.91 Å². The van der Waals surface area contributed by atoms with Gasteiger partial charge in [-0.05, 0) is 38.1 Å². The zero-order valence-corrected chi connectivity index (χ0v) is 12.0. The molecule has 0 fully saturated rings. The fraction of sp³-hybridized carbons (Fsp3) is 0.467. The third kappa shape index (κ3) is 4.08. The number of benzene rings is 1. The predicted octanol–water partition coefficient (Wildman–Crippen LogP) is 1.90. The van der Waals surface area contributed by atoms with Crippen LogP contribution >= 0.6 is 0 Å². The van der Waals surface area contributed by atoms with Crippen LogP contribution in [0.25, 0.3) is 0 Å². The van der Waals surface area contributed by atoms with E-state index >= 15 is 0 Å². The van der Waals surface area contributed by atoms with Crippen LogP contribution < -0.4 is 5.32 Å². The Morgan fingerprint density at radius 1 is 1.37 bits per heavy atom. The minimum Gasteiger partial charge on any atom is -0.340 e. The highest BCUT2D eigenvalue weighted by Gasteiger charge is 2.29. The predicted molar refractivity (Wildman–Crippen MR) is 75.4 cm³/mol. The van der Waals surface area contributed by atoms with Gasteiger partial charge in [-0.1, -0.05) is 19.1 Å². The Bertz CT molecular complexity index is 471. The van der Waals surface area contributed by atoms with E-state index < -0.39 is 5.54 Å². The molecular weight excluding hydrogens is 238 g/mol. The van der Waals surface area contributed by atoms with Crippen molar-refractivity contribution in [2.45, 2.75) is 32.9 Å². The maximum atomic E-state index is 12.3. The van der Waals surface area contributed by atoms with E-state index in [1.165, 1.54) is 0 Å². The number of nitrogens with zero attached hydrogens (tertiary/aromatic N) is 2. The van der Waals surface area contributed by atoms with Gasteiger partial charge >= 0.3 is 0 Å². The van der Waals surface area contributed by atoms with Crippen molar-refractivity contribution in [3.05, 3.63) is 35.4 Å². The van der Waals surface area contributed by atoms with Gasteiger partial charge < -0.3 is 10.2 Å². The number of hydrogen-bond acceptors (Lipinski definition) is 3. The Morgan fingerprint density at radius 2 is 1.95 bits per heavy atom. The molecule has 0 radical (unpaired) electrons. The largest absolute Gasteiger partial charge is 0.340 e. The van der Waals surface area contributed by atoms with E-state index in [1.54, 1.807) is 24.1 Å². The fourth-order valence-electron chi connectivity index (χ4n) is 2.03. The molecule has 0 aromatic heterocycles. The van der Waals surface area contributed by atoms with Gasteiger partial charge in [-0.15, -0.1) is 0 Å². The molecule has 0 saturated carbocycles. The van der Waals surface area contributed by atoms with Gasteiger partial charge in [0.15, 0.2) is 0 Å². The Labute approximate surface area is 115 Å². The number of rotatable bonds is 5. The molecular formula is C15H21N3O. The number of nitrogens with one attached hydrogen (secondary N) is 1. The van der Waals surface area contributed by atoms with Crippen LogP contribution in [0, 0.1) is 11.3 Å². The van der Waals surface area contributed by atoms with E-state index in [4.69, 9.17) is 5.26 Å². The van der Waals surface area contributed by atoms with Gasteiger partial charge in [0, 0.05) is 13.6 Å². The number of nitriles is 1. The summed E-state index contributed by atoms with van der Waals surface area (Å²) < 4.78 is 0. The summed E-state index contributed by atoms with van der Waals surface area (Å²) in [6.45, 7) is 7.04. The summed E-state index contributed by atoms with van der Waals surface area (Å²) in [6.07, 6.45) is 0. The van der Waals surface area contributed by atoms with Crippen LogP contribution in [-0.4, -0.2) is 29.9 Å². The molecule has 0 bridgehead atoms. The average Bonchev–Trinajstić information content (AvgIpc) is 2.38. The van der Waals surface area contributed by atoms with Crippen molar-refractivity contribution >= 4 is 5.91 Å². The lowest BCUT2D eigenvalue weighted by atomic mass is 10.0. The van der Waals surface area contributed by atoms with Crippen molar-refractivity contribution < 1.29 is 4.79 Å². The Kier molecular flexibility index (Phi) is 5.08. The number of carbonyl (C=O) groups is 1. The molecule has 0 aliphatic rings. The Morgan fingerprint density at radius 3 is 2.42 bits per heavy atom. The molecule has 4 nitrogen and oxygen atoms in total. The van der Waals surface area contributed by atoms with Crippen LogP contribution in [0.15, 0.2) is 24.3 Å². The normalized spacial score (nSPS) is 10.9. The zero-order chi connectivity index (χ0) is 14.5. The Balaban J connectivity index is 2.71. The van der Waals surface area contributed by atoms with Crippen LogP contribution in [0.2, 0.25) is 0 Å². The smallest absolute Gasteiger partial charge is 0.242 e. The standard InChI is InChI=1S/C15H21N3O/c1-5-17-15(2,3)14(19)18(4)11-13-8-6-12(10-16)7-9-13/h6-9,17H,5,11H2,1-4H3. The molecule has 1 amide bonds. The van der Waals surface area contributed by atoms with E-state index in [0.717, 1.165) is 12.1 Å². The zero-order valence-electron chi connectivity index (χ0n) is 12.0. The maximum absolute atomic E-state index is 12.3. The number of hydrogen-bond donors (Lipinski definition) is 1. The lowest BCUT2D eigenvalue weighted by molar-refractivity contribution is -0.136. The monoisotopic (exact) mass is 259 g/mol. The number of carbonyl (C=O) groups excluding carboxylic acids is 1. The highest BCUT2D eigenvalue weighted by atomic mass is 16.2. The van der Waals surface area contributed by atoms with Crippen LogP contribution in [0.1, 0.15) is 31.9 Å². The second-order valence-corrected chi connectivity index (χ2v) is 5.13. The summed E-state index contributed by atoms with van der Waals surface area (Å²) in [5.41, 5.74) is 1.09. The quantitative estimate of drug-likeness (QED) is 0.878. The van der Waals surface area contributed by atoms with Gasteiger partial charge in [0.05, 0.1) is 17.2 Å². The molecule has 0 heterocycles. The van der Waals surface area contributed by atoms with Crippen LogP contribution in [-0.2, 0) is 11.3 Å². The van der Waals surface area contributed by atoms with Crippen molar-refractivity contribution in [2.24, 2.45) is 0 Å². The van der Waals surface area contributed by atoms with Crippen LogP contribution in [0.4, 0.5) is 0 Å². The Hall–Kier alpha value is -1.86. The van der Waals surface area contributed by atoms with E-state index in [9.17, 15) is 4.79 Å². The van der Waals surface area contributed by atoms with Crippen molar-refractivity contribution in [1.82, 2.24) is 10.2 Å². The lowest BCUT2D eigenvalue weighted by Crippen LogP contribution is -2.52. The molecule has 1 aromatic carbocycles. The summed E-state index contributed by atoms with van der Waals surface area (Å²) in [5, 5.41) is 11.9. The van der Waals surface area contributed by atoms with Crippen molar-refractivity contribution in [2.75, 3.05) is 13.6 Å². The third-order valence-electron chi connectivity index (χ3n) is 3.00. The van der Waals surface area contributed by atoms with Crippen molar-refractivity contribution in [3.63, 3.8) is 0 Å². The topological polar surface area (TPSA) is 56.1 Å². The third-order valence-corrected chi connectivity index (χ3v) is 3.00. The van der Waals surface area contributed by atoms with Gasteiger partial charge in [-0.25, -0.2) is 0 Å². The van der Waals surface area contributed by atoms with E-state index in [0.29, 0.717) is 12.1 Å². The molecule has 0 spiro atoms. The summed E-state index contributed by atoms with van der Waals surface area (Å²) >= 11 is 0. The number of likely N-dealkylation sites (N-methyl/N-ethyl adjacent to an activating group) is 2. The summed E-state index contributed by atoms with van der Waals surface area (Å²) in [7, 11) is 1.79. The van der Waals surface area contributed by atoms with E-state index in [2.05, 4.69) is 11.4 Å². The lowest BCUT2D eigenvalue weighted by Gasteiger charge is -2.30. The first-order valence-corrected chi connectivity index (χ1v) is 6.40. The average molecular weight is 259 g/mol. The minimum atomic E-state index is -0.559. The molecule has 1 rings (SSSR count). The minimum absolute atomic E-state index is 0.0544. The second-order valence-electron chi connectivity index (χ2n) is 5.13. The van der Waals surface area contributed by atoms with Crippen LogP contribution in [0.5, 0.6) is 0 Å². The second kappa shape index (κ2) is 6.35. The number of amides is 1. The summed E-state index contributed by atoms with van der Waals surface area (Å²) in [4.78, 5) is 14.0. The maximum Gasteiger partial charge on any atom is 0.242 e. The highest BCUT2D eigenvalue weighted by molar-refractivity contribution is 5.85. The first-order chi connectivity index (χ1) is 8.90. The molecule has 19 heavy (non-hydrogen) atoms. The SMILES string of the molecule is CCNC(C)(C)C(=O)N(C)Cc1ccc(C#N)cc1. The molecule has 0 aliphatic heterocycles. The van der Waals surface area contributed by atoms with Crippen molar-refractivity contribution in [3.8, 4) is 6.07 Å². The molecule has 1 aromatic rings. The highest BCUT2D eigenvalue weighted by Crippen LogP contribution is 2.11. The molecule has 0 aliphatic carbocycles.